The van der Waals surface area contributed by atoms with E-state index in [0.717, 1.165) is 0 Å². The SMILES string of the molecule is CCC1(CN2CCc3sccc3C2C)CCNCC1. The zero-order valence-corrected chi connectivity index (χ0v) is 13.1. The molecule has 1 unspecified atom stereocenters. The zero-order valence-electron chi connectivity index (χ0n) is 12.2. The predicted molar refractivity (Wildman–Crippen MR) is 82.8 cm³/mol. The number of hydrogen-bond acceptors (Lipinski definition) is 3. The third-order valence-corrected chi connectivity index (χ3v) is 6.35. The fourth-order valence-corrected chi connectivity index (χ4v) is 4.75. The molecule has 1 aromatic heterocycles. The van der Waals surface area contributed by atoms with Crippen LogP contribution in [0.1, 0.15) is 49.6 Å². The fraction of sp³-hybridized carbons (Fsp3) is 0.750. The largest absolute Gasteiger partial charge is 0.317 e. The molecule has 2 nitrogen and oxygen atoms in total. The Bertz CT molecular complexity index is 420. The monoisotopic (exact) mass is 278 g/mol. The van der Waals surface area contributed by atoms with Crippen LogP contribution in [0, 0.1) is 5.41 Å². The van der Waals surface area contributed by atoms with E-state index in [1.807, 2.05) is 11.3 Å². The highest BCUT2D eigenvalue weighted by molar-refractivity contribution is 7.10. The normalized spacial score (nSPS) is 27.2. The van der Waals surface area contributed by atoms with Gasteiger partial charge in [0.1, 0.15) is 0 Å². The van der Waals surface area contributed by atoms with E-state index >= 15 is 0 Å². The summed E-state index contributed by atoms with van der Waals surface area (Å²) in [5.74, 6) is 0. The highest BCUT2D eigenvalue weighted by Gasteiger charge is 2.35. The first-order valence-corrected chi connectivity index (χ1v) is 8.63. The van der Waals surface area contributed by atoms with E-state index < -0.39 is 0 Å². The Balaban J connectivity index is 1.73. The second-order valence-electron chi connectivity index (χ2n) is 6.30. The molecule has 0 spiro atoms. The molecule has 1 atom stereocenters. The fourth-order valence-electron chi connectivity index (χ4n) is 3.79. The van der Waals surface area contributed by atoms with Crippen LogP contribution in [-0.4, -0.2) is 31.1 Å². The minimum Gasteiger partial charge on any atom is -0.317 e. The molecule has 1 saturated heterocycles. The Labute approximate surface area is 121 Å². The van der Waals surface area contributed by atoms with Crippen LogP contribution in [0.4, 0.5) is 0 Å². The first-order chi connectivity index (χ1) is 9.24. The highest BCUT2D eigenvalue weighted by atomic mass is 32.1. The van der Waals surface area contributed by atoms with E-state index in [9.17, 15) is 0 Å². The van der Waals surface area contributed by atoms with Crippen molar-refractivity contribution in [3.05, 3.63) is 21.9 Å². The lowest BCUT2D eigenvalue weighted by Crippen LogP contribution is -2.46. The lowest BCUT2D eigenvalue weighted by Gasteiger charge is -2.44. The van der Waals surface area contributed by atoms with Crippen LogP contribution in [0.2, 0.25) is 0 Å². The molecule has 3 heteroatoms. The van der Waals surface area contributed by atoms with Gasteiger partial charge in [0.15, 0.2) is 0 Å². The van der Waals surface area contributed by atoms with Gasteiger partial charge in [0, 0.05) is 24.0 Å². The van der Waals surface area contributed by atoms with Crippen LogP contribution in [-0.2, 0) is 6.42 Å². The van der Waals surface area contributed by atoms with Crippen LogP contribution in [0.3, 0.4) is 0 Å². The molecule has 1 aromatic rings. The van der Waals surface area contributed by atoms with Crippen molar-refractivity contribution in [2.45, 2.75) is 45.6 Å². The van der Waals surface area contributed by atoms with E-state index in [-0.39, 0.29) is 0 Å². The molecule has 1 fully saturated rings. The van der Waals surface area contributed by atoms with Crippen LogP contribution < -0.4 is 5.32 Å². The molecule has 0 amide bonds. The summed E-state index contributed by atoms with van der Waals surface area (Å²) in [7, 11) is 0. The average Bonchev–Trinajstić information content (AvgIpc) is 2.92. The molecule has 106 valence electrons. The standard InChI is InChI=1S/C16H26N2S/c1-3-16(6-8-17-9-7-16)12-18-10-4-15-14(13(18)2)5-11-19-15/h5,11,13,17H,3-4,6-10,12H2,1-2H3. The Kier molecular flexibility index (Phi) is 3.97. The third-order valence-electron chi connectivity index (χ3n) is 5.36. The van der Waals surface area contributed by atoms with Gasteiger partial charge in [-0.15, -0.1) is 11.3 Å². The first-order valence-electron chi connectivity index (χ1n) is 7.75. The predicted octanol–water partition coefficient (Wildman–Crippen LogP) is 3.45. The van der Waals surface area contributed by atoms with E-state index in [2.05, 4.69) is 35.5 Å². The molecular formula is C16H26N2S. The molecule has 3 heterocycles. The molecule has 0 saturated carbocycles. The maximum absolute atomic E-state index is 3.52. The van der Waals surface area contributed by atoms with Crippen molar-refractivity contribution in [3.8, 4) is 0 Å². The molecule has 0 bridgehead atoms. The lowest BCUT2D eigenvalue weighted by molar-refractivity contribution is 0.0775. The van der Waals surface area contributed by atoms with Crippen molar-refractivity contribution < 1.29 is 0 Å². The molecule has 0 aliphatic carbocycles. The van der Waals surface area contributed by atoms with Gasteiger partial charge < -0.3 is 5.32 Å². The first kappa shape index (κ1) is 13.6. The quantitative estimate of drug-likeness (QED) is 0.911. The smallest absolute Gasteiger partial charge is 0.0331 e. The average molecular weight is 278 g/mol. The van der Waals surface area contributed by atoms with Gasteiger partial charge in [0.2, 0.25) is 0 Å². The van der Waals surface area contributed by atoms with Crippen LogP contribution in [0.15, 0.2) is 11.4 Å². The van der Waals surface area contributed by atoms with Gasteiger partial charge >= 0.3 is 0 Å². The van der Waals surface area contributed by atoms with Crippen molar-refractivity contribution in [2.75, 3.05) is 26.2 Å². The molecule has 1 N–H and O–H groups in total. The summed E-state index contributed by atoms with van der Waals surface area (Å²) in [6.45, 7) is 9.75. The maximum atomic E-state index is 3.52. The van der Waals surface area contributed by atoms with Gasteiger partial charge in [-0.25, -0.2) is 0 Å². The summed E-state index contributed by atoms with van der Waals surface area (Å²) in [5, 5.41) is 5.79. The van der Waals surface area contributed by atoms with Gasteiger partial charge in [-0.05, 0) is 68.1 Å². The second-order valence-corrected chi connectivity index (χ2v) is 7.30. The molecule has 3 rings (SSSR count). The van der Waals surface area contributed by atoms with Gasteiger partial charge in [-0.1, -0.05) is 6.92 Å². The molecule has 0 aromatic carbocycles. The number of nitrogens with one attached hydrogen (secondary N) is 1. The van der Waals surface area contributed by atoms with Crippen LogP contribution in [0.25, 0.3) is 0 Å². The number of nitrogens with zero attached hydrogens (tertiary/aromatic N) is 1. The summed E-state index contributed by atoms with van der Waals surface area (Å²) in [4.78, 5) is 4.36. The van der Waals surface area contributed by atoms with Crippen LogP contribution in [0.5, 0.6) is 0 Å². The second kappa shape index (κ2) is 5.55. The van der Waals surface area contributed by atoms with Gasteiger partial charge in [0.05, 0.1) is 0 Å². The van der Waals surface area contributed by atoms with Gasteiger partial charge in [-0.2, -0.15) is 0 Å². The molecule has 2 aliphatic rings. The highest BCUT2D eigenvalue weighted by Crippen LogP contribution is 2.39. The third kappa shape index (κ3) is 2.61. The molecule has 0 radical (unpaired) electrons. The molecular weight excluding hydrogens is 252 g/mol. The minimum absolute atomic E-state index is 0.563. The Morgan fingerprint density at radius 2 is 2.21 bits per heavy atom. The van der Waals surface area contributed by atoms with Gasteiger partial charge in [-0.3, -0.25) is 4.90 Å². The minimum atomic E-state index is 0.563. The maximum Gasteiger partial charge on any atom is 0.0331 e. The summed E-state index contributed by atoms with van der Waals surface area (Å²) >= 11 is 1.95. The van der Waals surface area contributed by atoms with Gasteiger partial charge in [0.25, 0.3) is 0 Å². The number of hydrogen-bond donors (Lipinski definition) is 1. The van der Waals surface area contributed by atoms with Crippen molar-refractivity contribution in [1.82, 2.24) is 10.2 Å². The number of piperidine rings is 1. The van der Waals surface area contributed by atoms with E-state index in [1.165, 1.54) is 51.9 Å². The van der Waals surface area contributed by atoms with Crippen molar-refractivity contribution >= 4 is 11.3 Å². The Morgan fingerprint density at radius 3 is 2.95 bits per heavy atom. The number of fused-ring (bicyclic) bond motifs is 1. The summed E-state index contributed by atoms with van der Waals surface area (Å²) in [5.41, 5.74) is 2.16. The summed E-state index contributed by atoms with van der Waals surface area (Å²) in [6.07, 6.45) is 5.29. The van der Waals surface area contributed by atoms with Crippen molar-refractivity contribution in [1.29, 1.82) is 0 Å². The topological polar surface area (TPSA) is 15.3 Å². The number of thiophene rings is 1. The van der Waals surface area contributed by atoms with E-state index in [0.29, 0.717) is 11.5 Å². The zero-order chi connectivity index (χ0) is 13.3. The summed E-state index contributed by atoms with van der Waals surface area (Å²) in [6, 6.07) is 2.96. The van der Waals surface area contributed by atoms with Crippen molar-refractivity contribution in [3.63, 3.8) is 0 Å². The Morgan fingerprint density at radius 1 is 1.42 bits per heavy atom. The van der Waals surface area contributed by atoms with E-state index in [1.54, 1.807) is 10.4 Å². The van der Waals surface area contributed by atoms with Crippen LogP contribution >= 0.6 is 11.3 Å². The summed E-state index contributed by atoms with van der Waals surface area (Å²) < 4.78 is 0. The Hall–Kier alpha value is -0.380. The number of rotatable bonds is 3. The molecule has 2 aliphatic heterocycles. The lowest BCUT2D eigenvalue weighted by atomic mass is 9.75. The molecule has 19 heavy (non-hydrogen) atoms. The van der Waals surface area contributed by atoms with Crippen molar-refractivity contribution in [2.24, 2.45) is 5.41 Å². The van der Waals surface area contributed by atoms with E-state index in [4.69, 9.17) is 0 Å².